The van der Waals surface area contributed by atoms with Crippen LogP contribution in [0.4, 0.5) is 34.1 Å². The van der Waals surface area contributed by atoms with Crippen LogP contribution < -0.4 is 9.80 Å². The van der Waals surface area contributed by atoms with Gasteiger partial charge in [0.25, 0.3) is 0 Å². The van der Waals surface area contributed by atoms with Crippen LogP contribution in [-0.4, -0.2) is 0 Å². The standard InChI is InChI=1S/C67H46N2O2/c1-41-37-47-33-35-54-59(68(58-39-46(32-31-42(58)2)44-18-6-4-7-19-44)56-27-15-25-52-50-22-10-12-29-61(50)70-66(52)56)40-60(55-36-34-48(38-41)63(47)64(54)55)69(65-43(3)17-14-24-49(65)45-20-8-5-9-21-45)57-28-16-26-53-51-23-11-13-30-62(51)71-67(53)57/h4-40H,1-3H3. The minimum absolute atomic E-state index is 0.828. The van der Waals surface area contributed by atoms with Gasteiger partial charge in [0.15, 0.2) is 11.2 Å². The maximum atomic E-state index is 7.03. The SMILES string of the molecule is Cc1cc2ccc3c(N(c4cc(-c5ccccc5)ccc4C)c4cccc5c4oc4ccccc45)cc(N(c4c(C)cccc4-c4ccccc4)c4cccc5c4oc4ccccc45)c4ccc(c1)c2c34. The van der Waals surface area contributed by atoms with Crippen LogP contribution in [0.5, 0.6) is 0 Å². The van der Waals surface area contributed by atoms with Gasteiger partial charge in [-0.05, 0) is 107 Å². The largest absolute Gasteiger partial charge is 0.454 e. The van der Waals surface area contributed by atoms with Crippen LogP contribution in [0.3, 0.4) is 0 Å². The van der Waals surface area contributed by atoms with Gasteiger partial charge in [0.1, 0.15) is 11.2 Å². The smallest absolute Gasteiger partial charge is 0.159 e. The van der Waals surface area contributed by atoms with Gasteiger partial charge in [-0.2, -0.15) is 0 Å². The molecule has 2 heterocycles. The summed E-state index contributed by atoms with van der Waals surface area (Å²) in [5, 5.41) is 11.4. The molecule has 336 valence electrons. The highest BCUT2D eigenvalue weighted by atomic mass is 16.3. The highest BCUT2D eigenvalue weighted by molar-refractivity contribution is 6.30. The molecular formula is C67H46N2O2. The third kappa shape index (κ3) is 6.38. The third-order valence-electron chi connectivity index (χ3n) is 14.7. The Morgan fingerprint density at radius 3 is 1.48 bits per heavy atom. The van der Waals surface area contributed by atoms with Crippen LogP contribution in [0.25, 0.3) is 98.4 Å². The van der Waals surface area contributed by atoms with E-state index in [1.165, 1.54) is 27.1 Å². The second kappa shape index (κ2) is 16.0. The number of hydrogen-bond donors (Lipinski definition) is 0. The predicted octanol–water partition coefficient (Wildman–Crippen LogP) is 19.6. The van der Waals surface area contributed by atoms with Crippen LogP contribution in [-0.2, 0) is 0 Å². The number of benzene rings is 12. The van der Waals surface area contributed by atoms with Crippen molar-refractivity contribution < 1.29 is 8.83 Å². The van der Waals surface area contributed by atoms with Gasteiger partial charge in [0, 0.05) is 49.0 Å². The molecule has 4 nitrogen and oxygen atoms in total. The van der Waals surface area contributed by atoms with Crippen molar-refractivity contribution in [2.75, 3.05) is 9.80 Å². The molecule has 14 rings (SSSR count). The van der Waals surface area contributed by atoms with Crippen molar-refractivity contribution in [2.24, 2.45) is 0 Å². The molecule has 0 fully saturated rings. The molecule has 71 heavy (non-hydrogen) atoms. The van der Waals surface area contributed by atoms with E-state index in [0.29, 0.717) is 0 Å². The number of rotatable bonds is 8. The molecule has 0 radical (unpaired) electrons. The van der Waals surface area contributed by atoms with E-state index in [4.69, 9.17) is 8.83 Å². The lowest BCUT2D eigenvalue weighted by molar-refractivity contribution is 0.669. The topological polar surface area (TPSA) is 32.8 Å². The molecule has 0 aliphatic carbocycles. The number of anilines is 6. The average molecular weight is 911 g/mol. The zero-order valence-corrected chi connectivity index (χ0v) is 39.6. The molecule has 0 N–H and O–H groups in total. The van der Waals surface area contributed by atoms with Gasteiger partial charge in [0.2, 0.25) is 0 Å². The van der Waals surface area contributed by atoms with E-state index in [2.05, 4.69) is 255 Å². The molecule has 0 unspecified atom stereocenters. The average Bonchev–Trinajstić information content (AvgIpc) is 4.00. The lowest BCUT2D eigenvalue weighted by Gasteiger charge is -2.34. The van der Waals surface area contributed by atoms with Crippen molar-refractivity contribution in [1.29, 1.82) is 0 Å². The number of para-hydroxylation sites is 5. The molecule has 0 atom stereocenters. The first kappa shape index (κ1) is 40.9. The summed E-state index contributed by atoms with van der Waals surface area (Å²) in [6.07, 6.45) is 0. The zero-order chi connectivity index (χ0) is 47.3. The molecule has 0 spiro atoms. The Morgan fingerprint density at radius 1 is 0.310 bits per heavy atom. The van der Waals surface area contributed by atoms with E-state index < -0.39 is 0 Å². The van der Waals surface area contributed by atoms with Gasteiger partial charge < -0.3 is 18.6 Å². The quantitative estimate of drug-likeness (QED) is 0.142. The van der Waals surface area contributed by atoms with E-state index in [0.717, 1.165) is 122 Å². The number of aryl methyl sites for hydroxylation is 3. The Kier molecular flexibility index (Phi) is 9.21. The Balaban J connectivity index is 1.17. The number of fused-ring (bicyclic) bond motifs is 6. The molecule has 0 aliphatic rings. The van der Waals surface area contributed by atoms with E-state index in [1.54, 1.807) is 0 Å². The fourth-order valence-electron chi connectivity index (χ4n) is 11.4. The summed E-state index contributed by atoms with van der Waals surface area (Å²) in [7, 11) is 0. The lowest BCUT2D eigenvalue weighted by Crippen LogP contribution is -2.17. The zero-order valence-electron chi connectivity index (χ0n) is 39.6. The van der Waals surface area contributed by atoms with Crippen molar-refractivity contribution in [3.63, 3.8) is 0 Å². The second-order valence-electron chi connectivity index (χ2n) is 19.0. The minimum atomic E-state index is 0.828. The Hall–Kier alpha value is -9.12. The fraction of sp³-hybridized carbons (Fsp3) is 0.0448. The van der Waals surface area contributed by atoms with Crippen molar-refractivity contribution >= 4 is 110 Å². The Labute approximate surface area is 411 Å². The van der Waals surface area contributed by atoms with Crippen molar-refractivity contribution in [3.05, 3.63) is 241 Å². The first-order valence-electron chi connectivity index (χ1n) is 24.4. The van der Waals surface area contributed by atoms with Gasteiger partial charge in [-0.15, -0.1) is 0 Å². The first-order valence-corrected chi connectivity index (χ1v) is 24.4. The van der Waals surface area contributed by atoms with Gasteiger partial charge >= 0.3 is 0 Å². The van der Waals surface area contributed by atoms with E-state index >= 15 is 0 Å². The number of nitrogens with zero attached hydrogens (tertiary/aromatic N) is 2. The predicted molar refractivity (Wildman–Crippen MR) is 299 cm³/mol. The van der Waals surface area contributed by atoms with Crippen LogP contribution in [0.2, 0.25) is 0 Å². The van der Waals surface area contributed by atoms with Gasteiger partial charge in [-0.3, -0.25) is 0 Å². The second-order valence-corrected chi connectivity index (χ2v) is 19.0. The summed E-state index contributed by atoms with van der Waals surface area (Å²) < 4.78 is 14.0. The first-order chi connectivity index (χ1) is 35.0. The molecular weight excluding hydrogens is 865 g/mol. The van der Waals surface area contributed by atoms with E-state index in [-0.39, 0.29) is 0 Å². The molecule has 0 saturated carbocycles. The Morgan fingerprint density at radius 2 is 0.845 bits per heavy atom. The van der Waals surface area contributed by atoms with Crippen molar-refractivity contribution in [2.45, 2.75) is 20.8 Å². The minimum Gasteiger partial charge on any atom is -0.454 e. The maximum absolute atomic E-state index is 7.03. The van der Waals surface area contributed by atoms with Crippen LogP contribution in [0.1, 0.15) is 16.7 Å². The van der Waals surface area contributed by atoms with Gasteiger partial charge in [0.05, 0.1) is 28.4 Å². The summed E-state index contributed by atoms with van der Waals surface area (Å²) in [6.45, 7) is 6.66. The van der Waals surface area contributed by atoms with Crippen LogP contribution in [0.15, 0.2) is 233 Å². The molecule has 0 aliphatic heterocycles. The van der Waals surface area contributed by atoms with E-state index in [1.807, 2.05) is 0 Å². The highest BCUT2D eigenvalue weighted by Gasteiger charge is 2.30. The number of hydrogen-bond acceptors (Lipinski definition) is 4. The summed E-state index contributed by atoms with van der Waals surface area (Å²) in [4.78, 5) is 4.97. The van der Waals surface area contributed by atoms with Gasteiger partial charge in [-0.1, -0.05) is 188 Å². The molecule has 0 amide bonds. The monoisotopic (exact) mass is 910 g/mol. The molecule has 12 aromatic carbocycles. The van der Waals surface area contributed by atoms with Crippen molar-refractivity contribution in [3.8, 4) is 22.3 Å². The summed E-state index contributed by atoms with van der Waals surface area (Å²) >= 11 is 0. The number of furan rings is 2. The maximum Gasteiger partial charge on any atom is 0.159 e. The lowest BCUT2D eigenvalue weighted by atomic mass is 9.89. The summed E-state index contributed by atoms with van der Waals surface area (Å²) in [5.41, 5.74) is 17.5. The fourth-order valence-corrected chi connectivity index (χ4v) is 11.4. The Bertz CT molecular complexity index is 4370. The molecule has 4 heteroatoms. The highest BCUT2D eigenvalue weighted by Crippen LogP contribution is 2.55. The molecule has 14 aromatic rings. The van der Waals surface area contributed by atoms with Crippen molar-refractivity contribution in [1.82, 2.24) is 0 Å². The summed E-state index contributed by atoms with van der Waals surface area (Å²) in [5.74, 6) is 0. The normalized spacial score (nSPS) is 11.9. The summed E-state index contributed by atoms with van der Waals surface area (Å²) in [6, 6.07) is 81.4. The van der Waals surface area contributed by atoms with Crippen LogP contribution >= 0.6 is 0 Å². The van der Waals surface area contributed by atoms with E-state index in [9.17, 15) is 0 Å². The molecule has 0 bridgehead atoms. The molecule has 0 saturated heterocycles. The third-order valence-corrected chi connectivity index (χ3v) is 14.7. The van der Waals surface area contributed by atoms with Crippen LogP contribution in [0, 0.1) is 20.8 Å². The van der Waals surface area contributed by atoms with Gasteiger partial charge in [-0.25, -0.2) is 0 Å². The molecule has 2 aromatic heterocycles.